The Morgan fingerprint density at radius 2 is 2.00 bits per heavy atom. The number of nitrogens with zero attached hydrogens (tertiary/aromatic N) is 1. The molecule has 0 spiro atoms. The van der Waals surface area contributed by atoms with E-state index in [-0.39, 0.29) is 12.5 Å². The largest absolute Gasteiger partial charge is 0.368 e. The Bertz CT molecular complexity index is 219. The second kappa shape index (κ2) is 9.15. The van der Waals surface area contributed by atoms with Crippen LogP contribution in [0.2, 0.25) is 0 Å². The van der Waals surface area contributed by atoms with E-state index >= 15 is 0 Å². The van der Waals surface area contributed by atoms with E-state index in [1.54, 1.807) is 4.90 Å². The van der Waals surface area contributed by atoms with Crippen molar-refractivity contribution >= 4 is 11.8 Å². The molecule has 0 aliphatic heterocycles. The van der Waals surface area contributed by atoms with Crippen molar-refractivity contribution in [2.75, 3.05) is 26.2 Å². The van der Waals surface area contributed by atoms with Gasteiger partial charge in [0.1, 0.15) is 0 Å². The normalized spacial score (nSPS) is 10.1. The van der Waals surface area contributed by atoms with Crippen molar-refractivity contribution in [3.63, 3.8) is 0 Å². The second-order valence-corrected chi connectivity index (χ2v) is 3.74. The Hall–Kier alpha value is -1.10. The molecule has 2 amide bonds. The minimum Gasteiger partial charge on any atom is -0.368 e. The predicted molar refractivity (Wildman–Crippen MR) is 63.8 cm³/mol. The first-order valence-corrected chi connectivity index (χ1v) is 5.88. The zero-order valence-electron chi connectivity index (χ0n) is 10.3. The number of unbranched alkanes of at least 4 members (excludes halogenated alkanes) is 1. The monoisotopic (exact) mass is 229 g/mol. The number of carbonyl (C=O) groups is 2. The highest BCUT2D eigenvalue weighted by molar-refractivity contribution is 5.83. The maximum atomic E-state index is 11.7. The van der Waals surface area contributed by atoms with Gasteiger partial charge < -0.3 is 16.0 Å². The van der Waals surface area contributed by atoms with Crippen LogP contribution in [-0.4, -0.2) is 42.9 Å². The molecule has 5 heteroatoms. The zero-order valence-corrected chi connectivity index (χ0v) is 10.3. The van der Waals surface area contributed by atoms with Gasteiger partial charge in [0.25, 0.3) is 0 Å². The van der Waals surface area contributed by atoms with Crippen LogP contribution in [0.4, 0.5) is 0 Å². The summed E-state index contributed by atoms with van der Waals surface area (Å²) in [5.74, 6) is -0.457. The number of nitrogens with two attached hydrogens (primary N) is 1. The second-order valence-electron chi connectivity index (χ2n) is 3.74. The van der Waals surface area contributed by atoms with E-state index in [2.05, 4.69) is 5.32 Å². The first-order valence-electron chi connectivity index (χ1n) is 5.88. The number of hydrogen-bond acceptors (Lipinski definition) is 3. The highest BCUT2D eigenvalue weighted by atomic mass is 16.2. The molecule has 0 aliphatic carbocycles. The molecule has 16 heavy (non-hydrogen) atoms. The summed E-state index contributed by atoms with van der Waals surface area (Å²) < 4.78 is 0. The Labute approximate surface area is 97.4 Å². The molecule has 0 rings (SSSR count). The van der Waals surface area contributed by atoms with E-state index in [9.17, 15) is 9.59 Å². The summed E-state index contributed by atoms with van der Waals surface area (Å²) in [4.78, 5) is 24.1. The molecule has 0 aromatic rings. The minimum atomic E-state index is -0.451. The van der Waals surface area contributed by atoms with Gasteiger partial charge in [0.15, 0.2) is 0 Å². The summed E-state index contributed by atoms with van der Waals surface area (Å²) in [7, 11) is 0. The van der Waals surface area contributed by atoms with E-state index in [4.69, 9.17) is 5.73 Å². The standard InChI is InChI=1S/C11H23N3O2/c1-3-5-8-14(9-10(12)15)11(16)6-7-13-4-2/h13H,3-9H2,1-2H3,(H2,12,15). The summed E-state index contributed by atoms with van der Waals surface area (Å²) in [5, 5.41) is 3.08. The SMILES string of the molecule is CCCCN(CC(N)=O)C(=O)CCNCC. The highest BCUT2D eigenvalue weighted by Crippen LogP contribution is 1.98. The van der Waals surface area contributed by atoms with Crippen LogP contribution in [0.25, 0.3) is 0 Å². The van der Waals surface area contributed by atoms with Gasteiger partial charge in [-0.15, -0.1) is 0 Å². The van der Waals surface area contributed by atoms with Gasteiger partial charge in [-0.1, -0.05) is 20.3 Å². The summed E-state index contributed by atoms with van der Waals surface area (Å²) in [5.41, 5.74) is 5.11. The molecule has 5 nitrogen and oxygen atoms in total. The smallest absolute Gasteiger partial charge is 0.237 e. The fourth-order valence-corrected chi connectivity index (χ4v) is 1.36. The average molecular weight is 229 g/mol. The molecule has 0 fully saturated rings. The van der Waals surface area contributed by atoms with Gasteiger partial charge >= 0.3 is 0 Å². The van der Waals surface area contributed by atoms with E-state index in [1.165, 1.54) is 0 Å². The van der Waals surface area contributed by atoms with Crippen molar-refractivity contribution in [2.45, 2.75) is 33.1 Å². The maximum Gasteiger partial charge on any atom is 0.237 e. The van der Waals surface area contributed by atoms with Crippen molar-refractivity contribution in [3.8, 4) is 0 Å². The number of rotatable bonds is 9. The molecule has 3 N–H and O–H groups in total. The third-order valence-corrected chi connectivity index (χ3v) is 2.25. The molecule has 0 radical (unpaired) electrons. The van der Waals surface area contributed by atoms with Crippen LogP contribution in [0.1, 0.15) is 33.1 Å². The van der Waals surface area contributed by atoms with Crippen LogP contribution in [-0.2, 0) is 9.59 Å². The van der Waals surface area contributed by atoms with Gasteiger partial charge in [-0.3, -0.25) is 9.59 Å². The fourth-order valence-electron chi connectivity index (χ4n) is 1.36. The number of carbonyl (C=O) groups excluding carboxylic acids is 2. The number of amides is 2. The Balaban J connectivity index is 4.04. The van der Waals surface area contributed by atoms with Gasteiger partial charge in [0.2, 0.25) is 11.8 Å². The third-order valence-electron chi connectivity index (χ3n) is 2.25. The van der Waals surface area contributed by atoms with Crippen molar-refractivity contribution in [2.24, 2.45) is 5.73 Å². The molecule has 0 saturated heterocycles. The number of nitrogens with one attached hydrogen (secondary N) is 1. The minimum absolute atomic E-state index is 0.00630. The Morgan fingerprint density at radius 1 is 1.31 bits per heavy atom. The molecule has 0 aliphatic rings. The Kier molecular flexibility index (Phi) is 8.52. The first-order chi connectivity index (χ1) is 7.61. The van der Waals surface area contributed by atoms with Crippen LogP contribution in [0.5, 0.6) is 0 Å². The van der Waals surface area contributed by atoms with Crippen LogP contribution in [0, 0.1) is 0 Å². The maximum absolute atomic E-state index is 11.7. The lowest BCUT2D eigenvalue weighted by Gasteiger charge is -2.20. The lowest BCUT2D eigenvalue weighted by Crippen LogP contribution is -2.40. The van der Waals surface area contributed by atoms with Crippen LogP contribution < -0.4 is 11.1 Å². The molecular formula is C11H23N3O2. The van der Waals surface area contributed by atoms with Gasteiger partial charge in [0, 0.05) is 19.5 Å². The molecule has 0 heterocycles. The van der Waals surface area contributed by atoms with Crippen molar-refractivity contribution in [1.29, 1.82) is 0 Å². The third kappa shape index (κ3) is 7.23. The quantitative estimate of drug-likeness (QED) is 0.551. The number of hydrogen-bond donors (Lipinski definition) is 2. The lowest BCUT2D eigenvalue weighted by atomic mass is 10.2. The zero-order chi connectivity index (χ0) is 12.4. The molecule has 0 unspecified atom stereocenters. The van der Waals surface area contributed by atoms with Crippen LogP contribution in [0.15, 0.2) is 0 Å². The first kappa shape index (κ1) is 14.9. The topological polar surface area (TPSA) is 75.4 Å². The molecule has 0 bridgehead atoms. The summed E-state index contributed by atoms with van der Waals surface area (Å²) >= 11 is 0. The molecule has 0 aromatic heterocycles. The van der Waals surface area contributed by atoms with Crippen molar-refractivity contribution in [1.82, 2.24) is 10.2 Å². The van der Waals surface area contributed by atoms with E-state index in [0.717, 1.165) is 19.4 Å². The van der Waals surface area contributed by atoms with Crippen molar-refractivity contribution in [3.05, 3.63) is 0 Å². The van der Waals surface area contributed by atoms with Crippen molar-refractivity contribution < 1.29 is 9.59 Å². The average Bonchev–Trinajstić information content (AvgIpc) is 2.23. The molecular weight excluding hydrogens is 206 g/mol. The molecule has 0 aromatic carbocycles. The van der Waals surface area contributed by atoms with Gasteiger partial charge in [0.05, 0.1) is 6.54 Å². The summed E-state index contributed by atoms with van der Waals surface area (Å²) in [6.07, 6.45) is 2.32. The fraction of sp³-hybridized carbons (Fsp3) is 0.818. The van der Waals surface area contributed by atoms with E-state index in [0.29, 0.717) is 19.5 Å². The van der Waals surface area contributed by atoms with Gasteiger partial charge in [-0.2, -0.15) is 0 Å². The molecule has 94 valence electrons. The van der Waals surface area contributed by atoms with E-state index in [1.807, 2.05) is 13.8 Å². The van der Waals surface area contributed by atoms with Crippen LogP contribution in [0.3, 0.4) is 0 Å². The molecule has 0 saturated carbocycles. The summed E-state index contributed by atoms with van der Waals surface area (Å²) in [6.45, 7) is 6.18. The highest BCUT2D eigenvalue weighted by Gasteiger charge is 2.14. The number of primary amides is 1. The lowest BCUT2D eigenvalue weighted by molar-refractivity contribution is -0.135. The molecule has 0 atom stereocenters. The summed E-state index contributed by atoms with van der Waals surface area (Å²) in [6, 6.07) is 0. The van der Waals surface area contributed by atoms with E-state index < -0.39 is 5.91 Å². The van der Waals surface area contributed by atoms with Gasteiger partial charge in [-0.25, -0.2) is 0 Å². The van der Waals surface area contributed by atoms with Crippen LogP contribution >= 0.6 is 0 Å². The predicted octanol–water partition coefficient (Wildman–Crippen LogP) is 0.100. The Morgan fingerprint density at radius 3 is 2.50 bits per heavy atom. The van der Waals surface area contributed by atoms with Gasteiger partial charge in [-0.05, 0) is 13.0 Å².